The molecule has 310 valence electrons. The molecule has 0 N–H and O–H groups in total. The Morgan fingerprint density at radius 3 is 1.51 bits per heavy atom. The standard InChI is InChI=1S/C64H38N2O/c1-3-13-58-51(9-1)56-11-6-12-57-52-34-25-45(37-59(52)66(58)64(56)57)39-17-27-47(28-18-39)65(48-29-19-40(20-30-48)46-26-35-54-53-10-2-4-14-60(53)67-61(54)38-46)49-31-21-41(22-32-49)50-33-23-44-16-15-42-7-5-8-43-24-36-55(50)63(44)62(42)43/h1-38H. The summed E-state index contributed by atoms with van der Waals surface area (Å²) in [7, 11) is 0. The van der Waals surface area contributed by atoms with Gasteiger partial charge in [0.1, 0.15) is 11.2 Å². The van der Waals surface area contributed by atoms with Crippen LogP contribution in [0.25, 0.3) is 126 Å². The van der Waals surface area contributed by atoms with Crippen molar-refractivity contribution in [1.82, 2.24) is 4.40 Å². The van der Waals surface area contributed by atoms with Crippen LogP contribution >= 0.6 is 0 Å². The van der Waals surface area contributed by atoms with Crippen LogP contribution in [0.15, 0.2) is 235 Å². The van der Waals surface area contributed by atoms with Crippen LogP contribution in [0.4, 0.5) is 17.1 Å². The summed E-state index contributed by atoms with van der Waals surface area (Å²) < 4.78 is 8.74. The number of anilines is 3. The molecule has 0 bridgehead atoms. The lowest BCUT2D eigenvalue weighted by Gasteiger charge is -2.26. The first kappa shape index (κ1) is 36.4. The predicted molar refractivity (Wildman–Crippen MR) is 283 cm³/mol. The number of hydrogen-bond acceptors (Lipinski definition) is 2. The van der Waals surface area contributed by atoms with Crippen LogP contribution in [0, 0.1) is 0 Å². The lowest BCUT2D eigenvalue weighted by Crippen LogP contribution is -2.09. The molecule has 0 radical (unpaired) electrons. The van der Waals surface area contributed by atoms with Gasteiger partial charge in [0.05, 0.1) is 16.6 Å². The highest BCUT2D eigenvalue weighted by Gasteiger charge is 2.19. The molecule has 0 aliphatic carbocycles. The lowest BCUT2D eigenvalue weighted by atomic mass is 9.90. The Bertz CT molecular complexity index is 4410. The van der Waals surface area contributed by atoms with Gasteiger partial charge in [0.2, 0.25) is 0 Å². The van der Waals surface area contributed by atoms with E-state index in [0.717, 1.165) is 50.1 Å². The van der Waals surface area contributed by atoms with Crippen molar-refractivity contribution in [2.75, 3.05) is 4.90 Å². The van der Waals surface area contributed by atoms with Gasteiger partial charge in [-0.05, 0) is 132 Å². The topological polar surface area (TPSA) is 20.8 Å². The molecule has 0 aliphatic rings. The molecule has 3 nitrogen and oxygen atoms in total. The zero-order valence-electron chi connectivity index (χ0n) is 36.2. The zero-order valence-corrected chi connectivity index (χ0v) is 36.2. The molecule has 0 unspecified atom stereocenters. The van der Waals surface area contributed by atoms with Gasteiger partial charge in [0.15, 0.2) is 0 Å². The van der Waals surface area contributed by atoms with Crippen LogP contribution in [0.5, 0.6) is 0 Å². The third-order valence-electron chi connectivity index (χ3n) is 14.5. The van der Waals surface area contributed by atoms with Gasteiger partial charge < -0.3 is 13.7 Å². The van der Waals surface area contributed by atoms with Crippen LogP contribution in [0.1, 0.15) is 0 Å². The lowest BCUT2D eigenvalue weighted by molar-refractivity contribution is 0.669. The molecule has 0 saturated heterocycles. The number of fused-ring (bicyclic) bond motifs is 9. The van der Waals surface area contributed by atoms with Crippen molar-refractivity contribution in [2.24, 2.45) is 0 Å². The molecule has 0 fully saturated rings. The highest BCUT2D eigenvalue weighted by Crippen LogP contribution is 2.44. The minimum Gasteiger partial charge on any atom is -0.456 e. The fourth-order valence-corrected chi connectivity index (χ4v) is 11.3. The normalized spacial score (nSPS) is 12.2. The summed E-state index contributed by atoms with van der Waals surface area (Å²) in [4.78, 5) is 2.37. The van der Waals surface area contributed by atoms with Crippen LogP contribution < -0.4 is 4.90 Å². The molecule has 15 rings (SSSR count). The third-order valence-corrected chi connectivity index (χ3v) is 14.5. The fraction of sp³-hybridized carbons (Fsp3) is 0. The van der Waals surface area contributed by atoms with Gasteiger partial charge in [-0.25, -0.2) is 0 Å². The molecule has 0 aliphatic heterocycles. The van der Waals surface area contributed by atoms with Crippen molar-refractivity contribution in [2.45, 2.75) is 0 Å². The van der Waals surface area contributed by atoms with E-state index in [9.17, 15) is 0 Å². The Hall–Kier alpha value is -8.92. The first-order chi connectivity index (χ1) is 33.2. The van der Waals surface area contributed by atoms with Crippen molar-refractivity contribution >= 4 is 109 Å². The van der Waals surface area contributed by atoms with Crippen molar-refractivity contribution in [3.05, 3.63) is 231 Å². The summed E-state index contributed by atoms with van der Waals surface area (Å²) in [5, 5.41) is 15.3. The quantitative estimate of drug-likeness (QED) is 0.155. The van der Waals surface area contributed by atoms with Gasteiger partial charge >= 0.3 is 0 Å². The number of aromatic nitrogens is 1. The van der Waals surface area contributed by atoms with E-state index < -0.39 is 0 Å². The Balaban J connectivity index is 0.832. The summed E-state index contributed by atoms with van der Waals surface area (Å²) in [6.45, 7) is 0. The molecule has 0 spiro atoms. The Labute approximate surface area is 385 Å². The first-order valence-corrected chi connectivity index (χ1v) is 23.1. The van der Waals surface area contributed by atoms with E-state index in [1.807, 2.05) is 12.1 Å². The highest BCUT2D eigenvalue weighted by molar-refractivity contribution is 6.26. The van der Waals surface area contributed by atoms with Gasteiger partial charge in [0, 0.05) is 49.4 Å². The van der Waals surface area contributed by atoms with E-state index in [-0.39, 0.29) is 0 Å². The van der Waals surface area contributed by atoms with Crippen LogP contribution in [0.3, 0.4) is 0 Å². The molecule has 15 aromatic rings. The molecular weight excluding hydrogens is 813 g/mol. The maximum atomic E-state index is 6.28. The number of para-hydroxylation sites is 3. The molecule has 0 amide bonds. The summed E-state index contributed by atoms with van der Waals surface area (Å²) in [5.41, 5.74) is 15.9. The number of hydrogen-bond donors (Lipinski definition) is 0. The van der Waals surface area contributed by atoms with Gasteiger partial charge in [-0.1, -0.05) is 164 Å². The number of nitrogens with zero attached hydrogens (tertiary/aromatic N) is 2. The number of furan rings is 1. The van der Waals surface area contributed by atoms with Crippen LogP contribution in [0.2, 0.25) is 0 Å². The van der Waals surface area contributed by atoms with Crippen LogP contribution in [-0.4, -0.2) is 4.40 Å². The van der Waals surface area contributed by atoms with E-state index >= 15 is 0 Å². The molecule has 0 saturated carbocycles. The summed E-state index contributed by atoms with van der Waals surface area (Å²) in [6, 6.07) is 84.6. The summed E-state index contributed by atoms with van der Waals surface area (Å²) in [5.74, 6) is 0. The largest absolute Gasteiger partial charge is 0.456 e. The zero-order chi connectivity index (χ0) is 43.7. The van der Waals surface area contributed by atoms with Gasteiger partial charge in [-0.15, -0.1) is 0 Å². The van der Waals surface area contributed by atoms with Crippen molar-refractivity contribution in [1.29, 1.82) is 0 Å². The van der Waals surface area contributed by atoms with Gasteiger partial charge in [-0.3, -0.25) is 0 Å². The first-order valence-electron chi connectivity index (χ1n) is 23.1. The second kappa shape index (κ2) is 13.8. The van der Waals surface area contributed by atoms with Gasteiger partial charge in [-0.2, -0.15) is 0 Å². The summed E-state index contributed by atoms with van der Waals surface area (Å²) >= 11 is 0. The Morgan fingerprint density at radius 1 is 0.299 bits per heavy atom. The number of benzene rings is 12. The average molecular weight is 851 g/mol. The Kier molecular flexibility index (Phi) is 7.50. The monoisotopic (exact) mass is 850 g/mol. The van der Waals surface area contributed by atoms with E-state index in [1.165, 1.54) is 92.7 Å². The summed E-state index contributed by atoms with van der Waals surface area (Å²) in [6.07, 6.45) is 0. The molecule has 67 heavy (non-hydrogen) atoms. The maximum Gasteiger partial charge on any atom is 0.136 e. The SMILES string of the molecule is c1cc2ccc3ccc(-c4ccc(N(c5ccc(-c6ccc7c(c6)oc6ccccc67)cc5)c5ccc(-c6ccc7c8cccc9c%10ccccc%10n(c7c6)c98)cc5)cc4)c4ccc(c1)c2c34. The maximum absolute atomic E-state index is 6.28. The second-order valence-electron chi connectivity index (χ2n) is 18.0. The second-order valence-corrected chi connectivity index (χ2v) is 18.0. The molecule has 3 aromatic heterocycles. The average Bonchev–Trinajstić information content (AvgIpc) is 4.06. The van der Waals surface area contributed by atoms with E-state index in [1.54, 1.807) is 0 Å². The molecule has 12 aromatic carbocycles. The van der Waals surface area contributed by atoms with Gasteiger partial charge in [0.25, 0.3) is 0 Å². The number of rotatable bonds is 6. The van der Waals surface area contributed by atoms with E-state index in [0.29, 0.717) is 0 Å². The molecular formula is C64H38N2O. The highest BCUT2D eigenvalue weighted by atomic mass is 16.3. The minimum absolute atomic E-state index is 0.900. The fourth-order valence-electron chi connectivity index (χ4n) is 11.3. The van der Waals surface area contributed by atoms with Crippen molar-refractivity contribution in [3.8, 4) is 33.4 Å². The third kappa shape index (κ3) is 5.34. The van der Waals surface area contributed by atoms with E-state index in [4.69, 9.17) is 4.42 Å². The predicted octanol–water partition coefficient (Wildman–Crippen LogP) is 18.1. The molecule has 3 heteroatoms. The Morgan fingerprint density at radius 2 is 0.791 bits per heavy atom. The minimum atomic E-state index is 0.900. The molecule has 3 heterocycles. The van der Waals surface area contributed by atoms with Crippen molar-refractivity contribution < 1.29 is 4.42 Å². The molecule has 0 atom stereocenters. The van der Waals surface area contributed by atoms with Crippen molar-refractivity contribution in [3.63, 3.8) is 0 Å². The smallest absolute Gasteiger partial charge is 0.136 e. The van der Waals surface area contributed by atoms with E-state index in [2.05, 4.69) is 228 Å². The van der Waals surface area contributed by atoms with Crippen LogP contribution in [-0.2, 0) is 0 Å².